The number of rotatable bonds is 8. The lowest BCUT2D eigenvalue weighted by molar-refractivity contribution is 0.0939. The fraction of sp³-hybridized carbons (Fsp3) is 0.207. The van der Waals surface area contributed by atoms with Crippen LogP contribution in [0.3, 0.4) is 0 Å². The number of benzene rings is 3. The van der Waals surface area contributed by atoms with Gasteiger partial charge in [-0.2, -0.15) is 9.78 Å². The van der Waals surface area contributed by atoms with Crippen molar-refractivity contribution in [1.29, 1.82) is 0 Å². The van der Waals surface area contributed by atoms with Crippen molar-refractivity contribution in [2.75, 3.05) is 5.32 Å². The molecular weight excluding hydrogens is 452 g/mol. The molecule has 0 fully saturated rings. The molecule has 1 amide bonds. The lowest BCUT2D eigenvalue weighted by Gasteiger charge is -2.16. The Bertz CT molecular complexity index is 1410. The second kappa shape index (κ2) is 10.9. The van der Waals surface area contributed by atoms with Gasteiger partial charge in [-0.05, 0) is 80.8 Å². The normalized spacial score (nSPS) is 11.6. The van der Waals surface area contributed by atoms with Crippen LogP contribution >= 0.6 is 0 Å². The Morgan fingerprint density at radius 1 is 1.00 bits per heavy atom. The van der Waals surface area contributed by atoms with Crippen LogP contribution in [0.4, 0.5) is 11.4 Å². The fourth-order valence-corrected chi connectivity index (χ4v) is 3.79. The molecular formula is C29H30N4O3. The van der Waals surface area contributed by atoms with Gasteiger partial charge in [0.2, 0.25) is 0 Å². The number of hydrogen-bond donors (Lipinski definition) is 2. The van der Waals surface area contributed by atoms with Crippen molar-refractivity contribution < 1.29 is 9.53 Å². The monoisotopic (exact) mass is 482 g/mol. The fourth-order valence-electron chi connectivity index (χ4n) is 3.79. The molecule has 0 aliphatic carbocycles. The zero-order valence-electron chi connectivity index (χ0n) is 20.9. The molecule has 2 N–H and O–H groups in total. The Balaban J connectivity index is 1.75. The van der Waals surface area contributed by atoms with E-state index in [1.165, 1.54) is 10.9 Å². The molecule has 0 unspecified atom stereocenters. The first-order valence-corrected chi connectivity index (χ1v) is 12.0. The minimum atomic E-state index is -0.377. The molecule has 0 bridgehead atoms. The number of anilines is 2. The zero-order chi connectivity index (χ0) is 25.7. The zero-order valence-corrected chi connectivity index (χ0v) is 20.9. The number of aromatic nitrogens is 2. The molecule has 1 atom stereocenters. The number of carbonyl (C=O) groups is 1. The van der Waals surface area contributed by atoms with Crippen LogP contribution in [0, 0.1) is 13.8 Å². The third kappa shape index (κ3) is 5.81. The van der Waals surface area contributed by atoms with Crippen LogP contribution < -0.4 is 20.9 Å². The lowest BCUT2D eigenvalue weighted by Crippen LogP contribution is -2.31. The first-order chi connectivity index (χ1) is 17.3. The highest BCUT2D eigenvalue weighted by Crippen LogP contribution is 2.30. The molecule has 0 aliphatic heterocycles. The van der Waals surface area contributed by atoms with Crippen LogP contribution in [0.25, 0.3) is 5.69 Å². The van der Waals surface area contributed by atoms with E-state index in [1.54, 1.807) is 24.3 Å². The highest BCUT2D eigenvalue weighted by Gasteiger charge is 2.17. The Hall–Kier alpha value is -4.39. The smallest absolute Gasteiger partial charge is 0.299 e. The van der Waals surface area contributed by atoms with Crippen molar-refractivity contribution in [3.63, 3.8) is 0 Å². The number of para-hydroxylation sites is 1. The van der Waals surface area contributed by atoms with Gasteiger partial charge in [-0.25, -0.2) is 0 Å². The number of aryl methyl sites for hydroxylation is 2. The van der Waals surface area contributed by atoms with Gasteiger partial charge < -0.3 is 15.4 Å². The van der Waals surface area contributed by atoms with Gasteiger partial charge in [0.1, 0.15) is 5.75 Å². The first-order valence-electron chi connectivity index (χ1n) is 12.0. The predicted octanol–water partition coefficient (Wildman–Crippen LogP) is 5.91. The third-order valence-electron chi connectivity index (χ3n) is 5.75. The van der Waals surface area contributed by atoms with Gasteiger partial charge in [-0.3, -0.25) is 9.59 Å². The summed E-state index contributed by atoms with van der Waals surface area (Å²) in [6, 6.07) is 22.1. The molecule has 1 aromatic heterocycles. The van der Waals surface area contributed by atoms with Gasteiger partial charge >= 0.3 is 0 Å². The highest BCUT2D eigenvalue weighted by atomic mass is 16.5. The van der Waals surface area contributed by atoms with Gasteiger partial charge in [0.25, 0.3) is 11.5 Å². The van der Waals surface area contributed by atoms with E-state index in [0.29, 0.717) is 22.7 Å². The predicted molar refractivity (Wildman–Crippen MR) is 143 cm³/mol. The van der Waals surface area contributed by atoms with Crippen molar-refractivity contribution in [3.8, 4) is 17.2 Å². The summed E-state index contributed by atoms with van der Waals surface area (Å²) in [7, 11) is 0. The summed E-state index contributed by atoms with van der Waals surface area (Å²) in [5, 5.41) is 10.5. The number of nitrogens with one attached hydrogen (secondary N) is 2. The second-order valence-electron chi connectivity index (χ2n) is 8.85. The second-order valence-corrected chi connectivity index (χ2v) is 8.85. The molecule has 7 heteroatoms. The number of hydrogen-bond acceptors (Lipinski definition) is 5. The van der Waals surface area contributed by atoms with Crippen molar-refractivity contribution in [2.24, 2.45) is 0 Å². The SMILES string of the molecule is CC[C@@H](C)NC(=O)c1cccc(Nc2c(Oc3cc(C)cc(C)c3)cnn(-c3ccccc3)c2=O)c1. The Labute approximate surface area is 210 Å². The maximum atomic E-state index is 13.6. The summed E-state index contributed by atoms with van der Waals surface area (Å²) >= 11 is 0. The molecule has 7 nitrogen and oxygen atoms in total. The summed E-state index contributed by atoms with van der Waals surface area (Å²) in [6.45, 7) is 7.95. The third-order valence-corrected chi connectivity index (χ3v) is 5.75. The van der Waals surface area contributed by atoms with Crippen molar-refractivity contribution >= 4 is 17.3 Å². The van der Waals surface area contributed by atoms with Gasteiger partial charge in [0.15, 0.2) is 11.4 Å². The molecule has 0 aliphatic rings. The van der Waals surface area contributed by atoms with E-state index in [2.05, 4.69) is 15.7 Å². The number of ether oxygens (including phenoxy) is 1. The number of carbonyl (C=O) groups excluding carboxylic acids is 1. The maximum Gasteiger partial charge on any atom is 0.299 e. The van der Waals surface area contributed by atoms with Gasteiger partial charge in [-0.1, -0.05) is 37.3 Å². The van der Waals surface area contributed by atoms with Crippen molar-refractivity contribution in [2.45, 2.75) is 40.2 Å². The number of nitrogens with zero attached hydrogens (tertiary/aromatic N) is 2. The van der Waals surface area contributed by atoms with E-state index in [-0.39, 0.29) is 28.9 Å². The standard InChI is InChI=1S/C29H30N4O3/c1-5-21(4)31-28(34)22-10-9-11-23(17-22)32-27-26(36-25-15-19(2)14-20(3)16-25)18-30-33(29(27)35)24-12-7-6-8-13-24/h6-18,21,32H,5H2,1-4H3,(H,31,34)/t21-/m1/s1. The molecule has 0 saturated heterocycles. The lowest BCUT2D eigenvalue weighted by atomic mass is 10.1. The van der Waals surface area contributed by atoms with E-state index < -0.39 is 0 Å². The van der Waals surface area contributed by atoms with E-state index in [9.17, 15) is 9.59 Å². The van der Waals surface area contributed by atoms with E-state index >= 15 is 0 Å². The van der Waals surface area contributed by atoms with Crippen LogP contribution in [0.5, 0.6) is 11.5 Å². The summed E-state index contributed by atoms with van der Waals surface area (Å²) in [6.07, 6.45) is 2.35. The average molecular weight is 483 g/mol. The van der Waals surface area contributed by atoms with Crippen LogP contribution in [-0.4, -0.2) is 21.7 Å². The van der Waals surface area contributed by atoms with E-state index in [0.717, 1.165) is 17.5 Å². The minimum Gasteiger partial charge on any atom is -0.453 e. The van der Waals surface area contributed by atoms with Crippen LogP contribution in [0.2, 0.25) is 0 Å². The Morgan fingerprint density at radius 2 is 1.72 bits per heavy atom. The summed E-state index contributed by atoms with van der Waals surface area (Å²) in [4.78, 5) is 26.3. The molecule has 4 rings (SSSR count). The molecule has 0 radical (unpaired) electrons. The molecule has 4 aromatic rings. The van der Waals surface area contributed by atoms with Crippen LogP contribution in [-0.2, 0) is 0 Å². The van der Waals surface area contributed by atoms with E-state index in [1.807, 2.05) is 76.2 Å². The Kier molecular flexibility index (Phi) is 7.49. The highest BCUT2D eigenvalue weighted by molar-refractivity contribution is 5.95. The first kappa shape index (κ1) is 24.7. The molecule has 1 heterocycles. The van der Waals surface area contributed by atoms with Gasteiger partial charge in [0.05, 0.1) is 11.9 Å². The van der Waals surface area contributed by atoms with Crippen molar-refractivity contribution in [1.82, 2.24) is 15.1 Å². The number of amides is 1. The molecule has 36 heavy (non-hydrogen) atoms. The quantitative estimate of drug-likeness (QED) is 0.326. The topological polar surface area (TPSA) is 85.2 Å². The van der Waals surface area contributed by atoms with Crippen LogP contribution in [0.15, 0.2) is 83.8 Å². The Morgan fingerprint density at radius 3 is 2.42 bits per heavy atom. The van der Waals surface area contributed by atoms with Crippen LogP contribution in [0.1, 0.15) is 41.8 Å². The maximum absolute atomic E-state index is 13.6. The van der Waals surface area contributed by atoms with Gasteiger partial charge in [-0.15, -0.1) is 0 Å². The molecule has 184 valence electrons. The molecule has 0 saturated carbocycles. The van der Waals surface area contributed by atoms with Crippen molar-refractivity contribution in [3.05, 3.63) is 106 Å². The molecule has 0 spiro atoms. The summed E-state index contributed by atoms with van der Waals surface area (Å²) in [5.41, 5.74) is 3.64. The molecule has 3 aromatic carbocycles. The largest absolute Gasteiger partial charge is 0.453 e. The van der Waals surface area contributed by atoms with Gasteiger partial charge in [0, 0.05) is 17.3 Å². The average Bonchev–Trinajstić information content (AvgIpc) is 2.86. The van der Waals surface area contributed by atoms with E-state index in [4.69, 9.17) is 4.74 Å². The minimum absolute atomic E-state index is 0.0603. The summed E-state index contributed by atoms with van der Waals surface area (Å²) in [5.74, 6) is 0.721. The summed E-state index contributed by atoms with van der Waals surface area (Å²) < 4.78 is 7.46.